The molecule has 1 saturated heterocycles. The molecule has 1 heterocycles. The van der Waals surface area contributed by atoms with Crippen molar-refractivity contribution < 1.29 is 9.90 Å². The van der Waals surface area contributed by atoms with Gasteiger partial charge in [-0.3, -0.25) is 14.6 Å². The summed E-state index contributed by atoms with van der Waals surface area (Å²) in [7, 11) is 1.85. The minimum absolute atomic E-state index is 0.0108. The molecule has 0 aromatic heterocycles. The maximum absolute atomic E-state index is 12.0. The number of hydrogen-bond donors (Lipinski definition) is 1. The Bertz CT molecular complexity index is 306. The lowest BCUT2D eigenvalue weighted by atomic mass is 10.2. The van der Waals surface area contributed by atoms with Crippen LogP contribution < -0.4 is 0 Å². The van der Waals surface area contributed by atoms with Crippen LogP contribution in [0.5, 0.6) is 0 Å². The number of piperazine rings is 1. The first-order valence-corrected chi connectivity index (χ1v) is 6.33. The molecule has 102 valence electrons. The highest BCUT2D eigenvalue weighted by Gasteiger charge is 2.22. The molecule has 1 rings (SSSR count). The van der Waals surface area contributed by atoms with E-state index >= 15 is 0 Å². The molecule has 0 spiro atoms. The van der Waals surface area contributed by atoms with Crippen molar-refractivity contribution in [3.63, 3.8) is 0 Å². The number of terminal acetylenes is 1. The van der Waals surface area contributed by atoms with Gasteiger partial charge in [-0.25, -0.2) is 0 Å². The summed E-state index contributed by atoms with van der Waals surface area (Å²) in [5.74, 6) is 2.75. The average Bonchev–Trinajstić information content (AvgIpc) is 2.38. The van der Waals surface area contributed by atoms with Crippen molar-refractivity contribution in [1.82, 2.24) is 14.7 Å². The van der Waals surface area contributed by atoms with E-state index in [4.69, 9.17) is 11.5 Å². The molecule has 5 heteroatoms. The molecule has 1 N–H and O–H groups in total. The normalized spacial score (nSPS) is 18.7. The Labute approximate surface area is 109 Å². The Kier molecular flexibility index (Phi) is 6.13. The van der Waals surface area contributed by atoms with Gasteiger partial charge in [-0.05, 0) is 14.0 Å². The smallest absolute Gasteiger partial charge is 0.236 e. The first-order chi connectivity index (χ1) is 8.58. The molecule has 1 fully saturated rings. The van der Waals surface area contributed by atoms with E-state index < -0.39 is 0 Å². The van der Waals surface area contributed by atoms with E-state index in [1.54, 1.807) is 0 Å². The molecular formula is C13H23N3O2. The van der Waals surface area contributed by atoms with Crippen molar-refractivity contribution in [3.05, 3.63) is 0 Å². The Morgan fingerprint density at radius 2 is 2.06 bits per heavy atom. The van der Waals surface area contributed by atoms with Gasteiger partial charge in [-0.15, -0.1) is 6.42 Å². The number of aliphatic hydroxyl groups is 1. The Morgan fingerprint density at radius 3 is 2.56 bits per heavy atom. The average molecular weight is 253 g/mol. The third-order valence-electron chi connectivity index (χ3n) is 3.44. The number of amides is 1. The predicted molar refractivity (Wildman–Crippen MR) is 71.0 cm³/mol. The summed E-state index contributed by atoms with van der Waals surface area (Å²) in [5.41, 5.74) is 0. The topological polar surface area (TPSA) is 47.0 Å². The maximum Gasteiger partial charge on any atom is 0.236 e. The van der Waals surface area contributed by atoms with E-state index in [-0.39, 0.29) is 18.6 Å². The lowest BCUT2D eigenvalue weighted by Gasteiger charge is -2.35. The predicted octanol–water partition coefficient (Wildman–Crippen LogP) is -0.924. The van der Waals surface area contributed by atoms with Crippen molar-refractivity contribution in [2.75, 3.05) is 52.9 Å². The van der Waals surface area contributed by atoms with Crippen LogP contribution in [0.1, 0.15) is 6.92 Å². The van der Waals surface area contributed by atoms with E-state index in [9.17, 15) is 4.79 Å². The number of carbonyl (C=O) groups is 1. The number of likely N-dealkylation sites (N-methyl/N-ethyl adjacent to an activating group) is 1. The van der Waals surface area contributed by atoms with E-state index in [0.29, 0.717) is 13.1 Å². The van der Waals surface area contributed by atoms with Gasteiger partial charge in [-0.1, -0.05) is 5.92 Å². The summed E-state index contributed by atoms with van der Waals surface area (Å²) in [5, 5.41) is 9.03. The zero-order valence-electron chi connectivity index (χ0n) is 11.3. The van der Waals surface area contributed by atoms with Crippen LogP contribution >= 0.6 is 0 Å². The van der Waals surface area contributed by atoms with Gasteiger partial charge in [0.15, 0.2) is 0 Å². The molecule has 1 amide bonds. The van der Waals surface area contributed by atoms with Crippen LogP contribution in [0.2, 0.25) is 0 Å². The fourth-order valence-electron chi connectivity index (χ4n) is 1.89. The lowest BCUT2D eigenvalue weighted by molar-refractivity contribution is -0.134. The van der Waals surface area contributed by atoms with Crippen molar-refractivity contribution in [3.8, 4) is 12.3 Å². The molecule has 0 aromatic rings. The van der Waals surface area contributed by atoms with Gasteiger partial charge in [0.05, 0.1) is 19.7 Å². The van der Waals surface area contributed by atoms with Crippen LogP contribution in [0.3, 0.4) is 0 Å². The van der Waals surface area contributed by atoms with Crippen molar-refractivity contribution in [2.24, 2.45) is 0 Å². The number of rotatable bonds is 5. The second-order valence-electron chi connectivity index (χ2n) is 4.81. The van der Waals surface area contributed by atoms with Crippen LogP contribution in [0, 0.1) is 12.3 Å². The van der Waals surface area contributed by atoms with Gasteiger partial charge in [0, 0.05) is 32.2 Å². The Morgan fingerprint density at radius 1 is 1.44 bits per heavy atom. The summed E-state index contributed by atoms with van der Waals surface area (Å²) in [4.78, 5) is 17.9. The zero-order chi connectivity index (χ0) is 13.5. The number of hydrogen-bond acceptors (Lipinski definition) is 4. The van der Waals surface area contributed by atoms with E-state index in [1.165, 1.54) is 0 Å². The summed E-state index contributed by atoms with van der Waals surface area (Å²) in [6.07, 6.45) is 5.27. The monoisotopic (exact) mass is 253 g/mol. The fourth-order valence-corrected chi connectivity index (χ4v) is 1.89. The van der Waals surface area contributed by atoms with Crippen LogP contribution in [0.15, 0.2) is 0 Å². The van der Waals surface area contributed by atoms with Gasteiger partial charge in [0.1, 0.15) is 0 Å². The highest BCUT2D eigenvalue weighted by molar-refractivity contribution is 5.78. The largest absolute Gasteiger partial charge is 0.395 e. The van der Waals surface area contributed by atoms with Gasteiger partial charge in [0.25, 0.3) is 0 Å². The molecule has 0 aromatic carbocycles. The van der Waals surface area contributed by atoms with Crippen molar-refractivity contribution in [1.29, 1.82) is 0 Å². The molecule has 1 aliphatic heterocycles. The third-order valence-corrected chi connectivity index (χ3v) is 3.44. The first-order valence-electron chi connectivity index (χ1n) is 6.33. The van der Waals surface area contributed by atoms with Crippen LogP contribution in [0.4, 0.5) is 0 Å². The minimum Gasteiger partial charge on any atom is -0.395 e. The van der Waals surface area contributed by atoms with Crippen LogP contribution in [-0.4, -0.2) is 84.7 Å². The number of carbonyl (C=O) groups excluding carboxylic acids is 1. The van der Waals surface area contributed by atoms with E-state index in [2.05, 4.69) is 10.8 Å². The fraction of sp³-hybridized carbons (Fsp3) is 0.769. The standard InChI is InChI=1S/C13H23N3O2/c1-4-5-15-6-8-16(9-7-15)13(18)10-14(3)12(2)11-17/h1,12,17H,5-11H2,2-3H3. The molecule has 0 bridgehead atoms. The van der Waals surface area contributed by atoms with Crippen LogP contribution in [0.25, 0.3) is 0 Å². The molecule has 0 radical (unpaired) electrons. The SMILES string of the molecule is C#CCN1CCN(C(=O)CN(C)C(C)CO)CC1. The highest BCUT2D eigenvalue weighted by Crippen LogP contribution is 2.03. The summed E-state index contributed by atoms with van der Waals surface area (Å²) in [6, 6.07) is 0.0108. The third kappa shape index (κ3) is 4.30. The van der Waals surface area contributed by atoms with Crippen LogP contribution in [-0.2, 0) is 4.79 Å². The van der Waals surface area contributed by atoms with E-state index in [0.717, 1.165) is 26.2 Å². The molecule has 0 aliphatic carbocycles. The molecule has 18 heavy (non-hydrogen) atoms. The van der Waals surface area contributed by atoms with Crippen molar-refractivity contribution in [2.45, 2.75) is 13.0 Å². The summed E-state index contributed by atoms with van der Waals surface area (Å²) in [6.45, 7) is 6.15. The molecule has 1 atom stereocenters. The van der Waals surface area contributed by atoms with Crippen molar-refractivity contribution >= 4 is 5.91 Å². The Hall–Kier alpha value is -1.09. The Balaban J connectivity index is 2.34. The van der Waals surface area contributed by atoms with E-state index in [1.807, 2.05) is 23.8 Å². The molecule has 1 aliphatic rings. The summed E-state index contributed by atoms with van der Waals surface area (Å²) >= 11 is 0. The molecule has 5 nitrogen and oxygen atoms in total. The first kappa shape index (κ1) is 15.0. The molecule has 1 unspecified atom stereocenters. The number of aliphatic hydroxyl groups excluding tert-OH is 1. The number of nitrogens with zero attached hydrogens (tertiary/aromatic N) is 3. The molecule has 0 saturated carbocycles. The second-order valence-corrected chi connectivity index (χ2v) is 4.81. The second kappa shape index (κ2) is 7.37. The minimum atomic E-state index is 0.0108. The van der Waals surface area contributed by atoms with Gasteiger partial charge in [0.2, 0.25) is 5.91 Å². The van der Waals surface area contributed by atoms with Gasteiger partial charge >= 0.3 is 0 Å². The summed E-state index contributed by atoms with van der Waals surface area (Å²) < 4.78 is 0. The van der Waals surface area contributed by atoms with Gasteiger partial charge in [-0.2, -0.15) is 0 Å². The quantitative estimate of drug-likeness (QED) is 0.644. The maximum atomic E-state index is 12.0. The zero-order valence-corrected chi connectivity index (χ0v) is 11.3. The molecular weight excluding hydrogens is 230 g/mol. The van der Waals surface area contributed by atoms with Gasteiger partial charge < -0.3 is 10.0 Å². The highest BCUT2D eigenvalue weighted by atomic mass is 16.3. The lowest BCUT2D eigenvalue weighted by Crippen LogP contribution is -2.51.